The van der Waals surface area contributed by atoms with Gasteiger partial charge in [-0.3, -0.25) is 24.2 Å². The molecule has 0 saturated carbocycles. The number of guanidine groups is 1. The lowest BCUT2D eigenvalue weighted by Gasteiger charge is -2.23. The van der Waals surface area contributed by atoms with E-state index in [4.69, 9.17) is 22.9 Å². The molecule has 4 unspecified atom stereocenters. The normalized spacial score (nSPS) is 14.0. The number of carboxylic acids is 1. The van der Waals surface area contributed by atoms with Gasteiger partial charge in [0.05, 0.1) is 18.8 Å². The second-order valence-corrected chi connectivity index (χ2v) is 7.70. The maximum Gasteiger partial charge on any atom is 0.326 e. The molecule has 1 rings (SSSR count). The second kappa shape index (κ2) is 14.1. The predicted molar refractivity (Wildman–Crippen MR) is 123 cm³/mol. The van der Waals surface area contributed by atoms with Crippen molar-refractivity contribution >= 4 is 35.6 Å². The highest BCUT2D eigenvalue weighted by Crippen LogP contribution is 2.04. The van der Waals surface area contributed by atoms with E-state index in [9.17, 15) is 29.1 Å². The van der Waals surface area contributed by atoms with E-state index in [1.165, 1.54) is 19.4 Å². The van der Waals surface area contributed by atoms with Gasteiger partial charge in [-0.15, -0.1) is 0 Å². The van der Waals surface area contributed by atoms with Crippen molar-refractivity contribution in [2.45, 2.75) is 56.8 Å². The van der Waals surface area contributed by atoms with Crippen molar-refractivity contribution in [2.75, 3.05) is 6.54 Å². The van der Waals surface area contributed by atoms with Crippen molar-refractivity contribution < 1.29 is 29.1 Å². The number of amides is 4. The van der Waals surface area contributed by atoms with Crippen LogP contribution < -0.4 is 38.9 Å². The van der Waals surface area contributed by atoms with Crippen LogP contribution in [0.1, 0.15) is 31.9 Å². The zero-order valence-electron chi connectivity index (χ0n) is 19.2. The summed E-state index contributed by atoms with van der Waals surface area (Å²) in [7, 11) is 0. The number of hydrogen-bond acceptors (Lipinski definition) is 8. The average molecular weight is 497 g/mol. The summed E-state index contributed by atoms with van der Waals surface area (Å²) in [4.78, 5) is 70.4. The number of imidazole rings is 1. The molecule has 4 amide bonds. The Kier molecular flexibility index (Phi) is 11.6. The van der Waals surface area contributed by atoms with Crippen LogP contribution in [-0.4, -0.2) is 81.3 Å². The number of carbonyl (C=O) groups excluding carboxylic acids is 4. The van der Waals surface area contributed by atoms with Crippen LogP contribution in [0.4, 0.5) is 0 Å². The van der Waals surface area contributed by atoms with E-state index in [1.54, 1.807) is 0 Å². The highest BCUT2D eigenvalue weighted by molar-refractivity contribution is 5.94. The van der Waals surface area contributed by atoms with Gasteiger partial charge in [-0.1, -0.05) is 0 Å². The van der Waals surface area contributed by atoms with Crippen molar-refractivity contribution in [1.82, 2.24) is 25.9 Å². The molecule has 13 N–H and O–H groups in total. The Morgan fingerprint density at radius 1 is 1.06 bits per heavy atom. The molecule has 35 heavy (non-hydrogen) atoms. The summed E-state index contributed by atoms with van der Waals surface area (Å²) in [6.07, 6.45) is 2.64. The number of aromatic amines is 1. The van der Waals surface area contributed by atoms with Gasteiger partial charge in [-0.2, -0.15) is 0 Å². The van der Waals surface area contributed by atoms with E-state index in [2.05, 4.69) is 30.9 Å². The molecule has 0 bridgehead atoms. The molecule has 0 aliphatic rings. The number of nitrogens with one attached hydrogen (secondary N) is 4. The van der Waals surface area contributed by atoms with Crippen LogP contribution in [0, 0.1) is 0 Å². The third-order valence-electron chi connectivity index (χ3n) is 4.68. The molecule has 0 fully saturated rings. The first-order chi connectivity index (χ1) is 16.4. The fourth-order valence-corrected chi connectivity index (χ4v) is 2.85. The Morgan fingerprint density at radius 3 is 2.26 bits per heavy atom. The number of primary amides is 1. The van der Waals surface area contributed by atoms with Gasteiger partial charge in [-0.25, -0.2) is 9.78 Å². The number of hydrogen-bond donors (Lipinski definition) is 9. The molecular formula is C19H32N10O6. The van der Waals surface area contributed by atoms with Gasteiger partial charge in [0.15, 0.2) is 5.96 Å². The predicted octanol–water partition coefficient (Wildman–Crippen LogP) is -4.23. The maximum atomic E-state index is 12.9. The summed E-state index contributed by atoms with van der Waals surface area (Å²) in [5, 5.41) is 16.7. The third-order valence-corrected chi connectivity index (χ3v) is 4.68. The lowest BCUT2D eigenvalue weighted by molar-refractivity contribution is -0.142. The standard InChI is InChI=1S/C19H32N10O6/c1-9(27-16(32)11(20)6-14(21)30)15(31)28-12(3-2-4-25-19(22)23)17(33)29-13(18(34)35)5-10-7-24-8-26-10/h7-9,11-13H,2-6,20H2,1H3,(H2,21,30)(H,24,26)(H,27,32)(H,28,31)(H,29,33)(H,34,35)(H4,22,23,25). The van der Waals surface area contributed by atoms with E-state index in [-0.39, 0.29) is 31.8 Å². The molecule has 1 aromatic rings. The molecule has 0 aromatic carbocycles. The Labute approximate surface area is 200 Å². The Hall–Kier alpha value is -4.21. The Bertz CT molecular complexity index is 915. The van der Waals surface area contributed by atoms with E-state index in [0.29, 0.717) is 5.69 Å². The number of carbonyl (C=O) groups is 5. The molecule has 0 radical (unpaired) electrons. The number of aliphatic imine (C=N–C) groups is 1. The SMILES string of the molecule is CC(NC(=O)C(N)CC(N)=O)C(=O)NC(CCCN=C(N)N)C(=O)NC(Cc1cnc[nH]1)C(=O)O. The van der Waals surface area contributed by atoms with E-state index < -0.39 is 60.2 Å². The zero-order valence-corrected chi connectivity index (χ0v) is 19.2. The summed E-state index contributed by atoms with van der Waals surface area (Å²) < 4.78 is 0. The molecule has 0 saturated heterocycles. The average Bonchev–Trinajstić information content (AvgIpc) is 3.27. The van der Waals surface area contributed by atoms with E-state index in [1.807, 2.05) is 0 Å². The zero-order chi connectivity index (χ0) is 26.5. The highest BCUT2D eigenvalue weighted by atomic mass is 16.4. The molecule has 1 aromatic heterocycles. The minimum Gasteiger partial charge on any atom is -0.480 e. The van der Waals surface area contributed by atoms with Gasteiger partial charge in [0.25, 0.3) is 0 Å². The smallest absolute Gasteiger partial charge is 0.326 e. The first-order valence-electron chi connectivity index (χ1n) is 10.6. The van der Waals surface area contributed by atoms with Crippen LogP contribution in [-0.2, 0) is 30.4 Å². The minimum absolute atomic E-state index is 0.0621. The maximum absolute atomic E-state index is 12.9. The topological polar surface area (TPSA) is 287 Å². The van der Waals surface area contributed by atoms with Crippen molar-refractivity contribution in [2.24, 2.45) is 27.9 Å². The quantitative estimate of drug-likeness (QED) is 0.0640. The molecule has 0 spiro atoms. The van der Waals surface area contributed by atoms with Gasteiger partial charge in [0.2, 0.25) is 23.6 Å². The highest BCUT2D eigenvalue weighted by Gasteiger charge is 2.29. The van der Waals surface area contributed by atoms with Crippen LogP contribution in [0.5, 0.6) is 0 Å². The summed E-state index contributed by atoms with van der Waals surface area (Å²) in [6.45, 7) is 1.50. The Morgan fingerprint density at radius 2 is 1.71 bits per heavy atom. The van der Waals surface area contributed by atoms with Gasteiger partial charge < -0.3 is 49.0 Å². The number of nitrogens with two attached hydrogens (primary N) is 4. The summed E-state index contributed by atoms with van der Waals surface area (Å²) in [5.41, 5.74) is 21.6. The van der Waals surface area contributed by atoms with Gasteiger partial charge in [0, 0.05) is 24.9 Å². The molecule has 16 nitrogen and oxygen atoms in total. The van der Waals surface area contributed by atoms with Gasteiger partial charge in [-0.05, 0) is 19.8 Å². The minimum atomic E-state index is -1.30. The largest absolute Gasteiger partial charge is 0.480 e. The molecule has 0 aliphatic heterocycles. The number of aromatic nitrogens is 2. The van der Waals surface area contributed by atoms with Crippen molar-refractivity contribution in [1.29, 1.82) is 0 Å². The molecule has 194 valence electrons. The van der Waals surface area contributed by atoms with Crippen LogP contribution in [0.25, 0.3) is 0 Å². The summed E-state index contributed by atoms with van der Waals surface area (Å²) in [5.74, 6) is -4.52. The van der Waals surface area contributed by atoms with Crippen LogP contribution in [0.3, 0.4) is 0 Å². The Balaban J connectivity index is 2.87. The molecular weight excluding hydrogens is 464 g/mol. The lowest BCUT2D eigenvalue weighted by atomic mass is 10.1. The monoisotopic (exact) mass is 496 g/mol. The first kappa shape index (κ1) is 28.8. The van der Waals surface area contributed by atoms with Gasteiger partial charge >= 0.3 is 5.97 Å². The molecule has 4 atom stereocenters. The molecule has 1 heterocycles. The summed E-state index contributed by atoms with van der Waals surface area (Å²) in [6, 6.07) is -4.85. The fourth-order valence-electron chi connectivity index (χ4n) is 2.85. The number of aliphatic carboxylic acids is 1. The number of H-pyrrole nitrogens is 1. The number of nitrogens with zero attached hydrogens (tertiary/aromatic N) is 2. The van der Waals surface area contributed by atoms with E-state index >= 15 is 0 Å². The molecule has 0 aliphatic carbocycles. The van der Waals surface area contributed by atoms with Crippen LogP contribution >= 0.6 is 0 Å². The fraction of sp³-hybridized carbons (Fsp3) is 0.526. The number of carboxylic acid groups (broad SMARTS) is 1. The molecule has 16 heteroatoms. The lowest BCUT2D eigenvalue weighted by Crippen LogP contribution is -2.56. The first-order valence-corrected chi connectivity index (χ1v) is 10.6. The van der Waals surface area contributed by atoms with Crippen LogP contribution in [0.2, 0.25) is 0 Å². The van der Waals surface area contributed by atoms with Crippen molar-refractivity contribution in [3.63, 3.8) is 0 Å². The third kappa shape index (κ3) is 11.0. The van der Waals surface area contributed by atoms with Gasteiger partial charge in [0.1, 0.15) is 18.1 Å². The van der Waals surface area contributed by atoms with E-state index in [0.717, 1.165) is 0 Å². The van der Waals surface area contributed by atoms with Crippen molar-refractivity contribution in [3.05, 3.63) is 18.2 Å². The summed E-state index contributed by atoms with van der Waals surface area (Å²) >= 11 is 0. The van der Waals surface area contributed by atoms with Crippen LogP contribution in [0.15, 0.2) is 17.5 Å². The second-order valence-electron chi connectivity index (χ2n) is 7.70. The van der Waals surface area contributed by atoms with Crippen molar-refractivity contribution in [3.8, 4) is 0 Å². The number of rotatable bonds is 15.